The van der Waals surface area contributed by atoms with Crippen molar-refractivity contribution in [1.82, 2.24) is 19.6 Å². The predicted octanol–water partition coefficient (Wildman–Crippen LogP) is 2.97. The molecule has 0 saturated carbocycles. The van der Waals surface area contributed by atoms with Crippen LogP contribution in [0, 0.1) is 0 Å². The van der Waals surface area contributed by atoms with Crippen molar-refractivity contribution in [3.63, 3.8) is 0 Å². The smallest absolute Gasteiger partial charge is 0.275 e. The number of rotatable bonds is 3. The number of aromatic nitrogens is 4. The van der Waals surface area contributed by atoms with Gasteiger partial charge in [0.05, 0.1) is 5.69 Å². The summed E-state index contributed by atoms with van der Waals surface area (Å²) < 4.78 is 1.31. The van der Waals surface area contributed by atoms with Crippen LogP contribution in [-0.2, 0) is 0 Å². The molecule has 1 aromatic carbocycles. The molecule has 0 atom stereocenters. The molecule has 7 heteroatoms. The molecule has 122 valence electrons. The summed E-state index contributed by atoms with van der Waals surface area (Å²) in [6, 6.07) is 12.6. The molecule has 0 unspecified atom stereocenters. The molecule has 4 rings (SSSR count). The number of nitrogens with two attached hydrogens (primary N) is 1. The van der Waals surface area contributed by atoms with Crippen molar-refractivity contribution in [3.8, 4) is 10.6 Å². The van der Waals surface area contributed by atoms with Crippen LogP contribution in [-0.4, -0.2) is 19.6 Å². The summed E-state index contributed by atoms with van der Waals surface area (Å²) in [7, 11) is 0. The summed E-state index contributed by atoms with van der Waals surface area (Å²) in [5.41, 5.74) is 8.63. The molecule has 3 heterocycles. The van der Waals surface area contributed by atoms with Gasteiger partial charge in [-0.05, 0) is 29.8 Å². The zero-order valence-corrected chi connectivity index (χ0v) is 13.9. The van der Waals surface area contributed by atoms with Gasteiger partial charge in [0.2, 0.25) is 4.96 Å². The number of fused-ring (bicyclic) bond motifs is 1. The van der Waals surface area contributed by atoms with Crippen LogP contribution < -0.4 is 11.3 Å². The van der Waals surface area contributed by atoms with Crippen molar-refractivity contribution in [2.24, 2.45) is 0 Å². The molecule has 0 spiro atoms. The third kappa shape index (κ3) is 3.17. The topological polar surface area (TPSA) is 86.2 Å². The lowest BCUT2D eigenvalue weighted by Gasteiger charge is -1.96. The third-order valence-corrected chi connectivity index (χ3v) is 4.49. The average Bonchev–Trinajstić information content (AvgIpc) is 3.06. The van der Waals surface area contributed by atoms with Crippen LogP contribution in [0.15, 0.2) is 59.7 Å². The lowest BCUT2D eigenvalue weighted by atomic mass is 10.2. The SMILES string of the molecule is Nc1cccc(-c2nn3c(=O)cc(C=Cc4cccnc4)nc3s2)c1. The fourth-order valence-electron chi connectivity index (χ4n) is 2.36. The van der Waals surface area contributed by atoms with Crippen molar-refractivity contribution in [1.29, 1.82) is 0 Å². The highest BCUT2D eigenvalue weighted by atomic mass is 32.1. The molecule has 0 saturated heterocycles. The fraction of sp³-hybridized carbons (Fsp3) is 0. The second-order valence-corrected chi connectivity index (χ2v) is 6.32. The molecule has 0 radical (unpaired) electrons. The van der Waals surface area contributed by atoms with Gasteiger partial charge in [-0.3, -0.25) is 9.78 Å². The summed E-state index contributed by atoms with van der Waals surface area (Å²) in [6.45, 7) is 0. The summed E-state index contributed by atoms with van der Waals surface area (Å²) in [5.74, 6) is 0. The Morgan fingerprint density at radius 2 is 2.04 bits per heavy atom. The Balaban J connectivity index is 1.75. The van der Waals surface area contributed by atoms with E-state index in [4.69, 9.17) is 5.73 Å². The highest BCUT2D eigenvalue weighted by Crippen LogP contribution is 2.25. The van der Waals surface area contributed by atoms with Crippen LogP contribution >= 0.6 is 11.3 Å². The first kappa shape index (κ1) is 15.2. The second-order valence-electron chi connectivity index (χ2n) is 5.37. The van der Waals surface area contributed by atoms with Crippen molar-refractivity contribution in [2.75, 3.05) is 5.73 Å². The molecule has 0 aliphatic heterocycles. The summed E-state index contributed by atoms with van der Waals surface area (Å²) in [5, 5.41) is 5.05. The molecule has 6 nitrogen and oxygen atoms in total. The van der Waals surface area contributed by atoms with E-state index in [1.165, 1.54) is 21.9 Å². The standard InChI is InChI=1S/C18H13N5OS/c19-14-5-1-4-13(9-14)17-22-23-16(24)10-15(21-18(23)25-17)7-6-12-3-2-8-20-11-12/h1-11H,19H2. The normalized spacial score (nSPS) is 11.4. The van der Waals surface area contributed by atoms with Crippen LogP contribution in [0.3, 0.4) is 0 Å². The maximum atomic E-state index is 12.3. The molecule has 4 aromatic rings. The van der Waals surface area contributed by atoms with E-state index in [2.05, 4.69) is 15.1 Å². The zero-order valence-electron chi connectivity index (χ0n) is 13.0. The Kier molecular flexibility index (Phi) is 3.83. The Morgan fingerprint density at radius 3 is 2.84 bits per heavy atom. The molecule has 25 heavy (non-hydrogen) atoms. The number of pyridine rings is 1. The second kappa shape index (κ2) is 6.29. The minimum Gasteiger partial charge on any atom is -0.399 e. The van der Waals surface area contributed by atoms with Crippen molar-refractivity contribution in [3.05, 3.63) is 76.5 Å². The van der Waals surface area contributed by atoms with E-state index in [0.29, 0.717) is 21.3 Å². The molecule has 0 aliphatic rings. The third-order valence-electron chi connectivity index (χ3n) is 3.53. The minimum atomic E-state index is -0.220. The maximum Gasteiger partial charge on any atom is 0.275 e. The van der Waals surface area contributed by atoms with E-state index in [9.17, 15) is 4.79 Å². The molecular weight excluding hydrogens is 334 g/mol. The van der Waals surface area contributed by atoms with Gasteiger partial charge in [0.25, 0.3) is 5.56 Å². The fourth-order valence-corrected chi connectivity index (χ4v) is 3.27. The van der Waals surface area contributed by atoms with Gasteiger partial charge in [0.1, 0.15) is 5.01 Å². The van der Waals surface area contributed by atoms with E-state index < -0.39 is 0 Å². The van der Waals surface area contributed by atoms with Crippen molar-refractivity contribution >= 4 is 34.1 Å². The van der Waals surface area contributed by atoms with E-state index in [0.717, 1.165) is 11.1 Å². The lowest BCUT2D eigenvalue weighted by molar-refractivity contribution is 0.901. The van der Waals surface area contributed by atoms with Gasteiger partial charge < -0.3 is 5.73 Å². The van der Waals surface area contributed by atoms with Crippen LogP contribution in [0.25, 0.3) is 27.7 Å². The minimum absolute atomic E-state index is 0.220. The van der Waals surface area contributed by atoms with Gasteiger partial charge >= 0.3 is 0 Å². The number of benzene rings is 1. The number of hydrogen-bond donors (Lipinski definition) is 1. The monoisotopic (exact) mass is 347 g/mol. The number of nitrogen functional groups attached to an aromatic ring is 1. The largest absolute Gasteiger partial charge is 0.399 e. The molecule has 0 fully saturated rings. The first-order valence-electron chi connectivity index (χ1n) is 7.54. The highest BCUT2D eigenvalue weighted by molar-refractivity contribution is 7.19. The van der Waals surface area contributed by atoms with Gasteiger partial charge in [-0.2, -0.15) is 9.61 Å². The van der Waals surface area contributed by atoms with Crippen LogP contribution in [0.5, 0.6) is 0 Å². The Morgan fingerprint density at radius 1 is 1.12 bits per heavy atom. The predicted molar refractivity (Wildman–Crippen MR) is 100 cm³/mol. The number of anilines is 1. The summed E-state index contributed by atoms with van der Waals surface area (Å²) in [6.07, 6.45) is 7.11. The van der Waals surface area contributed by atoms with Gasteiger partial charge in [-0.1, -0.05) is 35.6 Å². The van der Waals surface area contributed by atoms with Gasteiger partial charge in [-0.15, -0.1) is 0 Å². The Labute approximate surface area is 146 Å². The first-order chi connectivity index (χ1) is 12.2. The number of nitrogens with zero attached hydrogens (tertiary/aromatic N) is 4. The Hall–Kier alpha value is -3.32. The van der Waals surface area contributed by atoms with Gasteiger partial charge in [0.15, 0.2) is 0 Å². The summed E-state index contributed by atoms with van der Waals surface area (Å²) in [4.78, 5) is 21.4. The summed E-state index contributed by atoms with van der Waals surface area (Å²) >= 11 is 1.35. The lowest BCUT2D eigenvalue weighted by Crippen LogP contribution is -2.14. The van der Waals surface area contributed by atoms with Crippen molar-refractivity contribution < 1.29 is 0 Å². The quantitative estimate of drug-likeness (QED) is 0.576. The zero-order chi connectivity index (χ0) is 17.2. The van der Waals surface area contributed by atoms with Gasteiger partial charge in [-0.25, -0.2) is 4.98 Å². The Bertz CT molecular complexity index is 1130. The number of hydrogen-bond acceptors (Lipinski definition) is 6. The first-order valence-corrected chi connectivity index (χ1v) is 8.36. The molecule has 0 aliphatic carbocycles. The molecular formula is C18H13N5OS. The van der Waals surface area contributed by atoms with E-state index in [-0.39, 0.29) is 5.56 Å². The van der Waals surface area contributed by atoms with Gasteiger partial charge in [0, 0.05) is 29.7 Å². The van der Waals surface area contributed by atoms with E-state index in [1.807, 2.05) is 42.5 Å². The highest BCUT2D eigenvalue weighted by Gasteiger charge is 2.10. The average molecular weight is 347 g/mol. The molecule has 0 bridgehead atoms. The van der Waals surface area contributed by atoms with E-state index in [1.54, 1.807) is 18.5 Å². The van der Waals surface area contributed by atoms with Crippen LogP contribution in [0.1, 0.15) is 11.3 Å². The van der Waals surface area contributed by atoms with Crippen molar-refractivity contribution in [2.45, 2.75) is 0 Å². The van der Waals surface area contributed by atoms with E-state index >= 15 is 0 Å². The molecule has 0 amide bonds. The van der Waals surface area contributed by atoms with Crippen LogP contribution in [0.4, 0.5) is 5.69 Å². The molecule has 2 N–H and O–H groups in total. The van der Waals surface area contributed by atoms with Crippen LogP contribution in [0.2, 0.25) is 0 Å². The maximum absolute atomic E-state index is 12.3. The molecule has 3 aromatic heterocycles.